The molecular weight excluding hydrogens is 340 g/mol. The maximum absolute atomic E-state index is 12.9. The lowest BCUT2D eigenvalue weighted by Crippen LogP contribution is -2.23. The number of ether oxygens (including phenoxy) is 1. The lowest BCUT2D eigenvalue weighted by Gasteiger charge is -2.12. The molecule has 5 heteroatoms. The molecule has 0 bridgehead atoms. The summed E-state index contributed by atoms with van der Waals surface area (Å²) >= 11 is 0. The highest BCUT2D eigenvalue weighted by Crippen LogP contribution is 2.24. The van der Waals surface area contributed by atoms with Crippen LogP contribution in [0.2, 0.25) is 0 Å². The zero-order valence-corrected chi connectivity index (χ0v) is 15.0. The molecule has 0 spiro atoms. The maximum atomic E-state index is 12.9. The minimum absolute atomic E-state index is 0.0891. The quantitative estimate of drug-likeness (QED) is 0.603. The summed E-state index contributed by atoms with van der Waals surface area (Å²) in [6, 6.07) is 18.7. The molecule has 3 aromatic carbocycles. The third kappa shape index (κ3) is 2.93. The van der Waals surface area contributed by atoms with Gasteiger partial charge in [-0.1, -0.05) is 36.4 Å². The molecule has 0 radical (unpaired) electrons. The minimum Gasteiger partial charge on any atom is -0.497 e. The Morgan fingerprint density at radius 3 is 2.59 bits per heavy atom. The number of aryl methyl sites for hydroxylation is 1. The van der Waals surface area contributed by atoms with Crippen molar-refractivity contribution in [3.8, 4) is 5.75 Å². The Bertz CT molecular complexity index is 1240. The molecule has 1 aromatic heterocycles. The number of benzene rings is 3. The van der Waals surface area contributed by atoms with Crippen molar-refractivity contribution in [2.24, 2.45) is 7.05 Å². The minimum atomic E-state index is -0.434. The van der Waals surface area contributed by atoms with Gasteiger partial charge in [-0.25, -0.2) is 0 Å². The summed E-state index contributed by atoms with van der Waals surface area (Å²) in [5.41, 5.74) is 1.18. The predicted molar refractivity (Wildman–Crippen MR) is 108 cm³/mol. The maximum Gasteiger partial charge on any atom is 0.261 e. The Labute approximate surface area is 155 Å². The number of carbonyl (C=O) groups is 1. The van der Waals surface area contributed by atoms with Gasteiger partial charge in [0, 0.05) is 24.3 Å². The summed E-state index contributed by atoms with van der Waals surface area (Å²) < 4.78 is 6.98. The first kappa shape index (κ1) is 16.8. The second kappa shape index (κ2) is 6.61. The highest BCUT2D eigenvalue weighted by atomic mass is 16.5. The van der Waals surface area contributed by atoms with Gasteiger partial charge in [0.25, 0.3) is 5.91 Å². The number of hydrogen-bond donors (Lipinski definition) is 1. The third-order valence-electron chi connectivity index (χ3n) is 4.68. The van der Waals surface area contributed by atoms with Gasteiger partial charge in [0.2, 0.25) is 5.43 Å². The van der Waals surface area contributed by atoms with E-state index in [1.165, 1.54) is 0 Å². The molecular formula is C22H18N2O3. The third-order valence-corrected chi connectivity index (χ3v) is 4.68. The second-order valence-corrected chi connectivity index (χ2v) is 6.35. The van der Waals surface area contributed by atoms with E-state index in [2.05, 4.69) is 5.32 Å². The first-order valence-corrected chi connectivity index (χ1v) is 8.55. The van der Waals surface area contributed by atoms with E-state index < -0.39 is 5.91 Å². The van der Waals surface area contributed by atoms with E-state index in [1.807, 2.05) is 55.6 Å². The summed E-state index contributed by atoms with van der Waals surface area (Å²) in [7, 11) is 3.35. The Kier molecular flexibility index (Phi) is 4.12. The van der Waals surface area contributed by atoms with Gasteiger partial charge in [0.15, 0.2) is 0 Å². The molecule has 0 fully saturated rings. The van der Waals surface area contributed by atoms with Crippen molar-refractivity contribution in [3.05, 3.63) is 82.6 Å². The van der Waals surface area contributed by atoms with Crippen LogP contribution >= 0.6 is 0 Å². The number of carbonyl (C=O) groups excluding carboxylic acids is 1. The predicted octanol–water partition coefficient (Wildman–Crippen LogP) is 3.95. The fraction of sp³-hybridized carbons (Fsp3) is 0.0909. The summed E-state index contributed by atoms with van der Waals surface area (Å²) in [4.78, 5) is 25.8. The molecule has 4 rings (SSSR count). The number of aromatic nitrogens is 1. The number of nitrogens with zero attached hydrogens (tertiary/aromatic N) is 1. The Hall–Kier alpha value is -3.60. The molecule has 4 aromatic rings. The molecule has 27 heavy (non-hydrogen) atoms. The molecule has 0 unspecified atom stereocenters. The van der Waals surface area contributed by atoms with Crippen LogP contribution in [0, 0.1) is 0 Å². The first-order chi connectivity index (χ1) is 13.1. The van der Waals surface area contributed by atoms with Crippen molar-refractivity contribution in [2.45, 2.75) is 0 Å². The number of fused-ring (bicyclic) bond motifs is 2. The van der Waals surface area contributed by atoms with Gasteiger partial charge in [-0.2, -0.15) is 0 Å². The zero-order valence-electron chi connectivity index (χ0n) is 15.0. The summed E-state index contributed by atoms with van der Waals surface area (Å²) in [5, 5.41) is 5.27. The number of amides is 1. The topological polar surface area (TPSA) is 60.3 Å². The molecule has 1 heterocycles. The Balaban J connectivity index is 1.81. The van der Waals surface area contributed by atoms with Crippen LogP contribution in [-0.4, -0.2) is 17.6 Å². The van der Waals surface area contributed by atoms with Gasteiger partial charge in [-0.05, 0) is 29.7 Å². The highest BCUT2D eigenvalue weighted by molar-refractivity contribution is 6.10. The number of nitrogens with one attached hydrogen (secondary N) is 1. The summed E-state index contributed by atoms with van der Waals surface area (Å²) in [5.74, 6) is 0.142. The highest BCUT2D eigenvalue weighted by Gasteiger charge is 2.16. The fourth-order valence-corrected chi connectivity index (χ4v) is 3.28. The SMILES string of the molecule is COc1ccc2c(c1)c(=O)c(C(=O)Nc1cccc3ccccc13)cn2C. The van der Waals surface area contributed by atoms with Crippen LogP contribution in [0.3, 0.4) is 0 Å². The van der Waals surface area contributed by atoms with Crippen molar-refractivity contribution >= 4 is 33.3 Å². The Morgan fingerprint density at radius 1 is 1.00 bits per heavy atom. The lowest BCUT2D eigenvalue weighted by atomic mass is 10.1. The second-order valence-electron chi connectivity index (χ2n) is 6.35. The van der Waals surface area contributed by atoms with Gasteiger partial charge in [-0.3, -0.25) is 9.59 Å². The van der Waals surface area contributed by atoms with Crippen LogP contribution in [0.4, 0.5) is 5.69 Å². The Morgan fingerprint density at radius 2 is 1.78 bits per heavy atom. The zero-order chi connectivity index (χ0) is 19.0. The smallest absolute Gasteiger partial charge is 0.261 e. The molecule has 1 N–H and O–H groups in total. The van der Waals surface area contributed by atoms with E-state index in [4.69, 9.17) is 4.74 Å². The number of rotatable bonds is 3. The van der Waals surface area contributed by atoms with E-state index in [0.717, 1.165) is 16.3 Å². The standard InChI is InChI=1S/C22H18N2O3/c1-24-13-18(21(25)17-12-15(27-2)10-11-20(17)24)22(26)23-19-9-5-7-14-6-3-4-8-16(14)19/h3-13H,1-2H3,(H,23,26). The van der Waals surface area contributed by atoms with E-state index in [9.17, 15) is 9.59 Å². The van der Waals surface area contributed by atoms with Gasteiger partial charge >= 0.3 is 0 Å². The summed E-state index contributed by atoms with van der Waals surface area (Å²) in [6.45, 7) is 0. The molecule has 0 saturated carbocycles. The van der Waals surface area contributed by atoms with Crippen molar-refractivity contribution < 1.29 is 9.53 Å². The molecule has 0 atom stereocenters. The summed E-state index contributed by atoms with van der Waals surface area (Å²) in [6.07, 6.45) is 1.57. The monoisotopic (exact) mass is 358 g/mol. The fourth-order valence-electron chi connectivity index (χ4n) is 3.28. The normalized spacial score (nSPS) is 10.9. The van der Waals surface area contributed by atoms with Crippen LogP contribution < -0.4 is 15.5 Å². The number of pyridine rings is 1. The van der Waals surface area contributed by atoms with Crippen LogP contribution in [0.5, 0.6) is 5.75 Å². The number of methoxy groups -OCH3 is 1. The average molecular weight is 358 g/mol. The molecule has 1 amide bonds. The van der Waals surface area contributed by atoms with Gasteiger partial charge in [0.1, 0.15) is 11.3 Å². The van der Waals surface area contributed by atoms with Crippen molar-refractivity contribution in [2.75, 3.05) is 12.4 Å². The van der Waals surface area contributed by atoms with E-state index >= 15 is 0 Å². The molecule has 134 valence electrons. The molecule has 0 aliphatic heterocycles. The first-order valence-electron chi connectivity index (χ1n) is 8.55. The van der Waals surface area contributed by atoms with Crippen molar-refractivity contribution in [1.82, 2.24) is 4.57 Å². The largest absolute Gasteiger partial charge is 0.497 e. The van der Waals surface area contributed by atoms with E-state index in [1.54, 1.807) is 30.0 Å². The van der Waals surface area contributed by atoms with Crippen LogP contribution in [0.1, 0.15) is 10.4 Å². The van der Waals surface area contributed by atoms with Crippen LogP contribution in [-0.2, 0) is 7.05 Å². The average Bonchev–Trinajstić information content (AvgIpc) is 2.70. The van der Waals surface area contributed by atoms with E-state index in [-0.39, 0.29) is 11.0 Å². The van der Waals surface area contributed by atoms with Crippen molar-refractivity contribution in [1.29, 1.82) is 0 Å². The van der Waals surface area contributed by atoms with Gasteiger partial charge in [0.05, 0.1) is 18.0 Å². The van der Waals surface area contributed by atoms with Crippen LogP contribution in [0.15, 0.2) is 71.7 Å². The van der Waals surface area contributed by atoms with Gasteiger partial charge < -0.3 is 14.6 Å². The van der Waals surface area contributed by atoms with Gasteiger partial charge in [-0.15, -0.1) is 0 Å². The molecule has 0 aliphatic rings. The van der Waals surface area contributed by atoms with Crippen molar-refractivity contribution in [3.63, 3.8) is 0 Å². The van der Waals surface area contributed by atoms with Crippen LogP contribution in [0.25, 0.3) is 21.7 Å². The van der Waals surface area contributed by atoms with E-state index in [0.29, 0.717) is 16.8 Å². The number of hydrogen-bond acceptors (Lipinski definition) is 3. The number of anilines is 1. The lowest BCUT2D eigenvalue weighted by molar-refractivity contribution is 0.102. The molecule has 0 saturated heterocycles. The molecule has 0 aliphatic carbocycles. The molecule has 5 nitrogen and oxygen atoms in total.